The predicted molar refractivity (Wildman–Crippen MR) is 78.2 cm³/mol. The van der Waals surface area contributed by atoms with Crippen LogP contribution in [0.5, 0.6) is 0 Å². The third kappa shape index (κ3) is 6.32. The van der Waals surface area contributed by atoms with Crippen molar-refractivity contribution >= 4 is 11.6 Å². The smallest absolute Gasteiger partial charge is 0.225 e. The lowest BCUT2D eigenvalue weighted by atomic mass is 10.2. The Balaban J connectivity index is 2.31. The minimum absolute atomic E-state index is 0.0568. The highest BCUT2D eigenvalue weighted by Gasteiger charge is 2.06. The zero-order valence-corrected chi connectivity index (χ0v) is 12.0. The van der Waals surface area contributed by atoms with E-state index in [4.69, 9.17) is 5.26 Å². The van der Waals surface area contributed by atoms with Crippen LogP contribution in [-0.4, -0.2) is 42.2 Å². The molecule has 20 heavy (non-hydrogen) atoms. The van der Waals surface area contributed by atoms with Crippen LogP contribution in [0.2, 0.25) is 0 Å². The first-order valence-electron chi connectivity index (χ1n) is 6.68. The zero-order chi connectivity index (χ0) is 15.0. The van der Waals surface area contributed by atoms with Crippen molar-refractivity contribution in [2.45, 2.75) is 25.9 Å². The number of amides is 1. The van der Waals surface area contributed by atoms with Crippen molar-refractivity contribution in [3.63, 3.8) is 0 Å². The lowest BCUT2D eigenvalue weighted by molar-refractivity contribution is -0.116. The molecule has 0 saturated carbocycles. The molecule has 0 aliphatic carbocycles. The maximum absolute atomic E-state index is 11.8. The molecule has 2 N–H and O–H groups in total. The molecule has 1 aromatic carbocycles. The van der Waals surface area contributed by atoms with Gasteiger partial charge in [-0.05, 0) is 44.7 Å². The van der Waals surface area contributed by atoms with E-state index in [9.17, 15) is 9.90 Å². The number of benzene rings is 1. The van der Waals surface area contributed by atoms with Crippen LogP contribution in [0.25, 0.3) is 0 Å². The highest BCUT2D eigenvalue weighted by molar-refractivity contribution is 5.90. The van der Waals surface area contributed by atoms with Crippen molar-refractivity contribution < 1.29 is 9.90 Å². The fourth-order valence-electron chi connectivity index (χ4n) is 1.66. The summed E-state index contributed by atoms with van der Waals surface area (Å²) in [5.74, 6) is -0.0568. The molecule has 5 heteroatoms. The van der Waals surface area contributed by atoms with E-state index in [2.05, 4.69) is 5.32 Å². The molecule has 1 amide bonds. The second-order valence-corrected chi connectivity index (χ2v) is 4.93. The van der Waals surface area contributed by atoms with Crippen LogP contribution in [0, 0.1) is 11.3 Å². The monoisotopic (exact) mass is 275 g/mol. The van der Waals surface area contributed by atoms with Gasteiger partial charge in [-0.25, -0.2) is 0 Å². The lowest BCUT2D eigenvalue weighted by Crippen LogP contribution is -2.26. The number of aliphatic hydroxyl groups excluding tert-OH is 1. The first-order chi connectivity index (χ1) is 9.51. The van der Waals surface area contributed by atoms with Crippen molar-refractivity contribution in [1.29, 1.82) is 5.26 Å². The number of nitrogens with zero attached hydrogens (tertiary/aromatic N) is 2. The average Bonchev–Trinajstić information content (AvgIpc) is 2.43. The van der Waals surface area contributed by atoms with Crippen LogP contribution >= 0.6 is 0 Å². The molecule has 108 valence electrons. The van der Waals surface area contributed by atoms with E-state index in [-0.39, 0.29) is 12.0 Å². The van der Waals surface area contributed by atoms with E-state index >= 15 is 0 Å². The second-order valence-electron chi connectivity index (χ2n) is 4.93. The second kappa shape index (κ2) is 8.31. The van der Waals surface area contributed by atoms with Crippen LogP contribution in [-0.2, 0) is 4.79 Å². The molecule has 1 unspecified atom stereocenters. The average molecular weight is 275 g/mol. The lowest BCUT2D eigenvalue weighted by Gasteiger charge is -2.17. The van der Waals surface area contributed by atoms with Crippen molar-refractivity contribution in [2.75, 3.05) is 25.5 Å². The molecule has 0 aliphatic rings. The minimum atomic E-state index is -0.315. The summed E-state index contributed by atoms with van der Waals surface area (Å²) in [6, 6.07) is 8.80. The summed E-state index contributed by atoms with van der Waals surface area (Å²) < 4.78 is 0. The molecule has 1 aromatic rings. The van der Waals surface area contributed by atoms with E-state index in [0.717, 1.165) is 6.54 Å². The van der Waals surface area contributed by atoms with Crippen LogP contribution in [0.1, 0.15) is 25.3 Å². The number of rotatable bonds is 7. The molecule has 0 aromatic heterocycles. The molecule has 5 nitrogen and oxygen atoms in total. The summed E-state index contributed by atoms with van der Waals surface area (Å²) in [7, 11) is 1.93. The molecule has 0 aliphatic heterocycles. The first kappa shape index (κ1) is 16.2. The molecule has 0 heterocycles. The Morgan fingerprint density at radius 3 is 2.60 bits per heavy atom. The summed E-state index contributed by atoms with van der Waals surface area (Å²) in [5, 5.41) is 20.7. The van der Waals surface area contributed by atoms with E-state index in [1.807, 2.05) is 18.0 Å². The minimum Gasteiger partial charge on any atom is -0.393 e. The van der Waals surface area contributed by atoms with Gasteiger partial charge in [0, 0.05) is 25.2 Å². The maximum atomic E-state index is 11.8. The number of anilines is 1. The van der Waals surface area contributed by atoms with Gasteiger partial charge in [0.2, 0.25) is 5.91 Å². The van der Waals surface area contributed by atoms with E-state index < -0.39 is 0 Å². The Labute approximate surface area is 119 Å². The zero-order valence-electron chi connectivity index (χ0n) is 12.0. The van der Waals surface area contributed by atoms with Crippen molar-refractivity contribution in [1.82, 2.24) is 4.90 Å². The number of carbonyl (C=O) groups is 1. The van der Waals surface area contributed by atoms with Crippen LogP contribution < -0.4 is 5.32 Å². The molecule has 0 saturated heterocycles. The molecular formula is C15H21N3O2. The van der Waals surface area contributed by atoms with Gasteiger partial charge in [-0.1, -0.05) is 0 Å². The molecule has 0 radical (unpaired) electrons. The number of hydrogen-bond donors (Lipinski definition) is 2. The van der Waals surface area contributed by atoms with Gasteiger partial charge >= 0.3 is 0 Å². The molecule has 0 bridgehead atoms. The number of hydrogen-bond acceptors (Lipinski definition) is 4. The highest BCUT2D eigenvalue weighted by Crippen LogP contribution is 2.09. The van der Waals surface area contributed by atoms with Gasteiger partial charge in [-0.15, -0.1) is 0 Å². The number of nitriles is 1. The highest BCUT2D eigenvalue weighted by atomic mass is 16.3. The Morgan fingerprint density at radius 2 is 2.05 bits per heavy atom. The van der Waals surface area contributed by atoms with Gasteiger partial charge < -0.3 is 15.3 Å². The summed E-state index contributed by atoms with van der Waals surface area (Å²) in [5.41, 5.74) is 1.27. The van der Waals surface area contributed by atoms with Crippen molar-refractivity contribution in [3.05, 3.63) is 29.8 Å². The molecule has 1 atom stereocenters. The van der Waals surface area contributed by atoms with Gasteiger partial charge in [0.25, 0.3) is 0 Å². The first-order valence-corrected chi connectivity index (χ1v) is 6.68. The predicted octanol–water partition coefficient (Wildman–Crippen LogP) is 1.59. The summed E-state index contributed by atoms with van der Waals surface area (Å²) >= 11 is 0. The fourth-order valence-corrected chi connectivity index (χ4v) is 1.66. The van der Waals surface area contributed by atoms with Crippen LogP contribution in [0.15, 0.2) is 24.3 Å². The third-order valence-electron chi connectivity index (χ3n) is 2.95. The summed E-state index contributed by atoms with van der Waals surface area (Å²) in [6.45, 7) is 3.17. The standard InChI is InChI=1S/C15H21N3O2/c1-12(19)7-9-18(2)10-8-15(20)17-14-5-3-13(11-16)4-6-14/h3-6,12,19H,7-10H2,1-2H3,(H,17,20). The van der Waals surface area contributed by atoms with E-state index in [1.165, 1.54) is 0 Å². The van der Waals surface area contributed by atoms with Gasteiger partial charge in [0.05, 0.1) is 17.7 Å². The quantitative estimate of drug-likeness (QED) is 0.792. The van der Waals surface area contributed by atoms with Crippen molar-refractivity contribution in [2.24, 2.45) is 0 Å². The van der Waals surface area contributed by atoms with Gasteiger partial charge in [0.15, 0.2) is 0 Å². The summed E-state index contributed by atoms with van der Waals surface area (Å²) in [6.07, 6.45) is 0.786. The van der Waals surface area contributed by atoms with Crippen molar-refractivity contribution in [3.8, 4) is 6.07 Å². The number of aliphatic hydroxyl groups is 1. The molecule has 0 spiro atoms. The number of nitrogens with one attached hydrogen (secondary N) is 1. The van der Waals surface area contributed by atoms with Gasteiger partial charge in [-0.3, -0.25) is 4.79 Å². The Hall–Kier alpha value is -1.90. The van der Waals surface area contributed by atoms with Crippen LogP contribution in [0.3, 0.4) is 0 Å². The fraction of sp³-hybridized carbons (Fsp3) is 0.467. The SMILES string of the molecule is CC(O)CCN(C)CCC(=O)Nc1ccc(C#N)cc1. The van der Waals surface area contributed by atoms with E-state index in [1.54, 1.807) is 31.2 Å². The molecule has 1 rings (SSSR count). The summed E-state index contributed by atoms with van der Waals surface area (Å²) in [4.78, 5) is 13.8. The Morgan fingerprint density at radius 1 is 1.40 bits per heavy atom. The van der Waals surface area contributed by atoms with Crippen LogP contribution in [0.4, 0.5) is 5.69 Å². The number of carbonyl (C=O) groups excluding carboxylic acids is 1. The van der Waals surface area contributed by atoms with Gasteiger partial charge in [-0.2, -0.15) is 5.26 Å². The molecule has 0 fully saturated rings. The molecular weight excluding hydrogens is 254 g/mol. The topological polar surface area (TPSA) is 76.4 Å². The van der Waals surface area contributed by atoms with Gasteiger partial charge in [0.1, 0.15) is 0 Å². The third-order valence-corrected chi connectivity index (χ3v) is 2.95. The van der Waals surface area contributed by atoms with E-state index in [0.29, 0.717) is 30.6 Å². The Bertz CT molecular complexity index is 463. The largest absolute Gasteiger partial charge is 0.393 e. The Kier molecular flexibility index (Phi) is 6.71. The normalized spacial score (nSPS) is 11.9. The maximum Gasteiger partial charge on any atom is 0.225 e.